The normalized spacial score (nSPS) is 15.5. The fourth-order valence-electron chi connectivity index (χ4n) is 3.03. The van der Waals surface area contributed by atoms with Gasteiger partial charge in [0.15, 0.2) is 0 Å². The fraction of sp³-hybridized carbons (Fsp3) is 0.263. The van der Waals surface area contributed by atoms with Gasteiger partial charge >= 0.3 is 0 Å². The standard InChI is InChI=1S/C19H17FN2O2S/c20-15-6-2-1-5-14(15)18(23)22-11-9-13(10-12-22)24-19-21-16-7-3-4-8-17(16)25-19/h1-8,13H,9-12H2. The smallest absolute Gasteiger partial charge is 0.274 e. The van der Waals surface area contributed by atoms with Crippen LogP contribution < -0.4 is 4.74 Å². The highest BCUT2D eigenvalue weighted by atomic mass is 32.1. The second-order valence-electron chi connectivity index (χ2n) is 6.04. The van der Waals surface area contributed by atoms with Crippen LogP contribution in [-0.2, 0) is 0 Å². The van der Waals surface area contributed by atoms with Gasteiger partial charge in [-0.05, 0) is 24.3 Å². The first-order chi connectivity index (χ1) is 12.2. The summed E-state index contributed by atoms with van der Waals surface area (Å²) in [6.45, 7) is 1.12. The summed E-state index contributed by atoms with van der Waals surface area (Å²) in [6, 6.07) is 14.0. The highest BCUT2D eigenvalue weighted by Crippen LogP contribution is 2.29. The van der Waals surface area contributed by atoms with E-state index in [9.17, 15) is 9.18 Å². The number of likely N-dealkylation sites (tertiary alicyclic amines) is 1. The van der Waals surface area contributed by atoms with Crippen LogP contribution in [0.1, 0.15) is 23.2 Å². The number of ether oxygens (including phenoxy) is 1. The number of hydrogen-bond donors (Lipinski definition) is 0. The van der Waals surface area contributed by atoms with E-state index in [1.54, 1.807) is 17.0 Å². The van der Waals surface area contributed by atoms with E-state index in [-0.39, 0.29) is 17.6 Å². The van der Waals surface area contributed by atoms with E-state index in [1.165, 1.54) is 23.5 Å². The Morgan fingerprint density at radius 1 is 1.12 bits per heavy atom. The Morgan fingerprint density at radius 2 is 1.84 bits per heavy atom. The van der Waals surface area contributed by atoms with Crippen molar-refractivity contribution in [2.75, 3.05) is 13.1 Å². The predicted molar refractivity (Wildman–Crippen MR) is 95.6 cm³/mol. The number of para-hydroxylation sites is 1. The summed E-state index contributed by atoms with van der Waals surface area (Å²) in [4.78, 5) is 18.6. The second-order valence-corrected chi connectivity index (χ2v) is 7.03. The summed E-state index contributed by atoms with van der Waals surface area (Å²) in [7, 11) is 0. The van der Waals surface area contributed by atoms with Crippen LogP contribution in [0.15, 0.2) is 48.5 Å². The maximum Gasteiger partial charge on any atom is 0.274 e. The van der Waals surface area contributed by atoms with Gasteiger partial charge in [-0.15, -0.1) is 0 Å². The molecule has 6 heteroatoms. The van der Waals surface area contributed by atoms with E-state index >= 15 is 0 Å². The number of amides is 1. The van der Waals surface area contributed by atoms with Gasteiger partial charge < -0.3 is 9.64 Å². The molecule has 0 saturated carbocycles. The summed E-state index contributed by atoms with van der Waals surface area (Å²) < 4.78 is 20.9. The van der Waals surface area contributed by atoms with Crippen LogP contribution in [0.2, 0.25) is 0 Å². The Balaban J connectivity index is 1.38. The quantitative estimate of drug-likeness (QED) is 0.709. The molecule has 0 bridgehead atoms. The van der Waals surface area contributed by atoms with E-state index in [2.05, 4.69) is 4.98 Å². The third-order valence-corrected chi connectivity index (χ3v) is 5.30. The average Bonchev–Trinajstić information content (AvgIpc) is 3.04. The lowest BCUT2D eigenvalue weighted by atomic mass is 10.1. The minimum Gasteiger partial charge on any atom is -0.467 e. The largest absolute Gasteiger partial charge is 0.467 e. The van der Waals surface area contributed by atoms with Crippen molar-refractivity contribution in [2.24, 2.45) is 0 Å². The molecule has 128 valence electrons. The van der Waals surface area contributed by atoms with Crippen molar-refractivity contribution in [2.45, 2.75) is 18.9 Å². The molecular weight excluding hydrogens is 339 g/mol. The van der Waals surface area contributed by atoms with Crippen LogP contribution >= 0.6 is 11.3 Å². The molecular formula is C19H17FN2O2S. The molecule has 0 spiro atoms. The van der Waals surface area contributed by atoms with Crippen molar-refractivity contribution in [3.05, 3.63) is 59.9 Å². The number of benzene rings is 2. The van der Waals surface area contributed by atoms with E-state index < -0.39 is 5.82 Å². The number of halogens is 1. The lowest BCUT2D eigenvalue weighted by molar-refractivity contribution is 0.0591. The Morgan fingerprint density at radius 3 is 2.60 bits per heavy atom. The van der Waals surface area contributed by atoms with Gasteiger partial charge in [0.1, 0.15) is 11.9 Å². The highest BCUT2D eigenvalue weighted by molar-refractivity contribution is 7.20. The maximum absolute atomic E-state index is 13.8. The van der Waals surface area contributed by atoms with Crippen LogP contribution in [0.5, 0.6) is 5.19 Å². The first kappa shape index (κ1) is 16.0. The van der Waals surface area contributed by atoms with Gasteiger partial charge in [-0.2, -0.15) is 0 Å². The van der Waals surface area contributed by atoms with Crippen molar-refractivity contribution in [3.63, 3.8) is 0 Å². The third kappa shape index (κ3) is 3.35. The summed E-state index contributed by atoms with van der Waals surface area (Å²) in [6.07, 6.45) is 1.47. The number of rotatable bonds is 3. The molecule has 1 aromatic heterocycles. The maximum atomic E-state index is 13.8. The van der Waals surface area contributed by atoms with Crippen molar-refractivity contribution in [3.8, 4) is 5.19 Å². The monoisotopic (exact) mass is 356 g/mol. The number of piperidine rings is 1. The predicted octanol–water partition coefficient (Wildman–Crippen LogP) is 4.12. The Hall–Kier alpha value is -2.47. The van der Waals surface area contributed by atoms with Gasteiger partial charge in [-0.1, -0.05) is 35.6 Å². The number of hydrogen-bond acceptors (Lipinski definition) is 4. The molecule has 0 unspecified atom stereocenters. The number of aromatic nitrogens is 1. The number of nitrogens with zero attached hydrogens (tertiary/aromatic N) is 2. The molecule has 1 aliphatic heterocycles. The molecule has 0 atom stereocenters. The molecule has 0 N–H and O–H groups in total. The highest BCUT2D eigenvalue weighted by Gasteiger charge is 2.26. The Bertz CT molecular complexity index is 870. The number of carbonyl (C=O) groups is 1. The molecule has 3 aromatic rings. The molecule has 1 saturated heterocycles. The zero-order valence-electron chi connectivity index (χ0n) is 13.5. The van der Waals surface area contributed by atoms with Gasteiger partial charge in [0.2, 0.25) is 0 Å². The van der Waals surface area contributed by atoms with Gasteiger partial charge in [0.05, 0.1) is 15.8 Å². The molecule has 1 aliphatic rings. The average molecular weight is 356 g/mol. The molecule has 0 radical (unpaired) electrons. The molecule has 2 aromatic carbocycles. The van der Waals surface area contributed by atoms with Gasteiger partial charge in [-0.3, -0.25) is 4.79 Å². The lowest BCUT2D eigenvalue weighted by Gasteiger charge is -2.31. The molecule has 1 amide bonds. The molecule has 0 aliphatic carbocycles. The van der Waals surface area contributed by atoms with Crippen molar-refractivity contribution in [1.82, 2.24) is 9.88 Å². The zero-order valence-corrected chi connectivity index (χ0v) is 14.3. The summed E-state index contributed by atoms with van der Waals surface area (Å²) in [5.74, 6) is -0.725. The second kappa shape index (κ2) is 6.80. The summed E-state index contributed by atoms with van der Waals surface area (Å²) in [5, 5.41) is 0.667. The van der Waals surface area contributed by atoms with Gasteiger partial charge in [0, 0.05) is 25.9 Å². The Kier molecular flexibility index (Phi) is 4.36. The minimum absolute atomic E-state index is 0.0326. The first-order valence-electron chi connectivity index (χ1n) is 8.27. The van der Waals surface area contributed by atoms with E-state index in [0.29, 0.717) is 18.3 Å². The summed E-state index contributed by atoms with van der Waals surface area (Å²) in [5.41, 5.74) is 1.07. The van der Waals surface area contributed by atoms with Crippen LogP contribution in [0.25, 0.3) is 10.2 Å². The zero-order chi connectivity index (χ0) is 17.2. The Labute approximate surface area is 148 Å². The number of fused-ring (bicyclic) bond motifs is 1. The summed E-state index contributed by atoms with van der Waals surface area (Å²) >= 11 is 1.53. The van der Waals surface area contributed by atoms with E-state index in [1.807, 2.05) is 24.3 Å². The molecule has 25 heavy (non-hydrogen) atoms. The van der Waals surface area contributed by atoms with Crippen LogP contribution in [0, 0.1) is 5.82 Å². The fourth-order valence-corrected chi connectivity index (χ4v) is 3.91. The van der Waals surface area contributed by atoms with Crippen LogP contribution in [0.3, 0.4) is 0 Å². The van der Waals surface area contributed by atoms with E-state index in [4.69, 9.17) is 4.74 Å². The SMILES string of the molecule is O=C(c1ccccc1F)N1CCC(Oc2nc3ccccc3s2)CC1. The van der Waals surface area contributed by atoms with Gasteiger partial charge in [0.25, 0.3) is 11.1 Å². The van der Waals surface area contributed by atoms with Gasteiger partial charge in [-0.25, -0.2) is 9.37 Å². The third-order valence-electron chi connectivity index (χ3n) is 4.38. The van der Waals surface area contributed by atoms with Crippen LogP contribution in [-0.4, -0.2) is 35.0 Å². The van der Waals surface area contributed by atoms with Crippen molar-refractivity contribution in [1.29, 1.82) is 0 Å². The number of carbonyl (C=O) groups excluding carboxylic acids is 1. The lowest BCUT2D eigenvalue weighted by Crippen LogP contribution is -2.42. The van der Waals surface area contributed by atoms with Crippen molar-refractivity contribution >= 4 is 27.5 Å². The molecule has 2 heterocycles. The molecule has 4 nitrogen and oxygen atoms in total. The minimum atomic E-state index is -0.472. The topological polar surface area (TPSA) is 42.4 Å². The van der Waals surface area contributed by atoms with E-state index in [0.717, 1.165) is 23.1 Å². The molecule has 1 fully saturated rings. The first-order valence-corrected chi connectivity index (χ1v) is 9.08. The van der Waals surface area contributed by atoms with Crippen LogP contribution in [0.4, 0.5) is 4.39 Å². The molecule has 4 rings (SSSR count). The van der Waals surface area contributed by atoms with Crippen molar-refractivity contribution < 1.29 is 13.9 Å². The number of thiazole rings is 1.